The average Bonchev–Trinajstić information content (AvgIpc) is 3.30. The molecule has 0 saturated heterocycles. The molecule has 0 unspecified atom stereocenters. The second-order valence-electron chi connectivity index (χ2n) is 8.75. The summed E-state index contributed by atoms with van der Waals surface area (Å²) in [4.78, 5) is 28.0. The van der Waals surface area contributed by atoms with Crippen LogP contribution < -0.4 is 5.32 Å². The third-order valence-electron chi connectivity index (χ3n) is 5.24. The number of thiophene rings is 1. The number of nitrogens with one attached hydrogen (secondary N) is 1. The molecule has 0 aliphatic rings. The summed E-state index contributed by atoms with van der Waals surface area (Å²) in [6.07, 6.45) is 1.18. The van der Waals surface area contributed by atoms with Crippen LogP contribution in [-0.2, 0) is 13.5 Å². The van der Waals surface area contributed by atoms with Gasteiger partial charge in [0.05, 0.1) is 22.8 Å². The summed E-state index contributed by atoms with van der Waals surface area (Å²) < 4.78 is 1.67. The monoisotopic (exact) mass is 455 g/mol. The van der Waals surface area contributed by atoms with Crippen LogP contribution in [0.15, 0.2) is 42.6 Å². The van der Waals surface area contributed by atoms with Gasteiger partial charge in [0.2, 0.25) is 0 Å². The zero-order chi connectivity index (χ0) is 23.5. The number of rotatable bonds is 7. The molecule has 0 saturated carbocycles. The minimum Gasteiger partial charge on any atom is -0.465 e. The van der Waals surface area contributed by atoms with Gasteiger partial charge in [-0.25, -0.2) is 9.48 Å². The first-order chi connectivity index (χ1) is 15.1. The molecule has 0 bridgehead atoms. The van der Waals surface area contributed by atoms with Gasteiger partial charge in [0.25, 0.3) is 5.91 Å². The van der Waals surface area contributed by atoms with Crippen LogP contribution in [0.5, 0.6) is 0 Å². The molecule has 0 aliphatic heterocycles. The van der Waals surface area contributed by atoms with Gasteiger partial charge >= 0.3 is 6.09 Å². The van der Waals surface area contributed by atoms with Crippen molar-refractivity contribution in [3.05, 3.63) is 57.9 Å². The highest BCUT2D eigenvalue weighted by atomic mass is 32.1. The summed E-state index contributed by atoms with van der Waals surface area (Å²) in [5, 5.41) is 20.7. The van der Waals surface area contributed by atoms with Crippen molar-refractivity contribution in [2.45, 2.75) is 45.7 Å². The Hall–Kier alpha value is -3.20. The molecule has 3 rings (SSSR count). The fourth-order valence-electron chi connectivity index (χ4n) is 3.56. The minimum absolute atomic E-state index is 0.183. The van der Waals surface area contributed by atoms with Gasteiger partial charge in [-0.1, -0.05) is 35.5 Å². The van der Waals surface area contributed by atoms with Gasteiger partial charge in [0, 0.05) is 29.6 Å². The molecule has 9 heteroatoms. The van der Waals surface area contributed by atoms with E-state index in [1.165, 1.54) is 16.2 Å². The lowest BCUT2D eigenvalue weighted by molar-refractivity contribution is 0.0824. The molecule has 32 heavy (non-hydrogen) atoms. The molecule has 1 aromatic carbocycles. The normalized spacial score (nSPS) is 12.4. The molecule has 2 amide bonds. The average molecular weight is 456 g/mol. The molecule has 0 radical (unpaired) electrons. The van der Waals surface area contributed by atoms with Gasteiger partial charge < -0.3 is 15.3 Å². The van der Waals surface area contributed by atoms with Gasteiger partial charge in [0.15, 0.2) is 0 Å². The molecule has 2 N–H and O–H groups in total. The van der Waals surface area contributed by atoms with E-state index < -0.39 is 11.6 Å². The number of aromatic nitrogens is 3. The number of nitrogens with zero attached hydrogens (tertiary/aromatic N) is 4. The summed E-state index contributed by atoms with van der Waals surface area (Å²) >= 11 is 1.40. The number of carbonyl (C=O) groups excluding carboxylic acids is 1. The summed E-state index contributed by atoms with van der Waals surface area (Å²) in [6.45, 7) is 7.68. The molecule has 2 heterocycles. The number of amides is 2. The number of hydrogen-bond acceptors (Lipinski definition) is 5. The van der Waals surface area contributed by atoms with E-state index in [1.54, 1.807) is 10.9 Å². The van der Waals surface area contributed by atoms with Crippen LogP contribution in [0.2, 0.25) is 0 Å². The fraction of sp³-hybridized carbons (Fsp3) is 0.391. The first-order valence-electron chi connectivity index (χ1n) is 10.4. The van der Waals surface area contributed by atoms with Gasteiger partial charge in [0.1, 0.15) is 0 Å². The maximum absolute atomic E-state index is 13.2. The van der Waals surface area contributed by atoms with Crippen LogP contribution in [0.25, 0.3) is 11.3 Å². The molecule has 0 aliphatic carbocycles. The first-order valence-corrected chi connectivity index (χ1v) is 11.2. The van der Waals surface area contributed by atoms with E-state index in [2.05, 4.69) is 15.6 Å². The second-order valence-corrected chi connectivity index (χ2v) is 10.0. The van der Waals surface area contributed by atoms with Crippen molar-refractivity contribution in [2.75, 3.05) is 6.54 Å². The van der Waals surface area contributed by atoms with Crippen LogP contribution in [0, 0.1) is 6.92 Å². The van der Waals surface area contributed by atoms with Gasteiger partial charge in [-0.2, -0.15) is 0 Å². The smallest absolute Gasteiger partial charge is 0.407 e. The van der Waals surface area contributed by atoms with Crippen molar-refractivity contribution >= 4 is 23.3 Å². The van der Waals surface area contributed by atoms with Gasteiger partial charge in [-0.05, 0) is 45.7 Å². The molecular formula is C23H29N5O3S. The van der Waals surface area contributed by atoms with E-state index in [-0.39, 0.29) is 18.5 Å². The Labute approximate surface area is 191 Å². The molecule has 2 aromatic heterocycles. The Bertz CT molecular complexity index is 1080. The lowest BCUT2D eigenvalue weighted by atomic mass is 10.0. The second kappa shape index (κ2) is 9.52. The summed E-state index contributed by atoms with van der Waals surface area (Å²) in [6, 6.07) is 11.2. The lowest BCUT2D eigenvalue weighted by Crippen LogP contribution is -2.53. The molecule has 170 valence electrons. The third-order valence-corrected chi connectivity index (χ3v) is 6.29. The van der Waals surface area contributed by atoms with E-state index >= 15 is 0 Å². The van der Waals surface area contributed by atoms with Crippen molar-refractivity contribution in [1.82, 2.24) is 25.2 Å². The van der Waals surface area contributed by atoms with Crippen molar-refractivity contribution in [2.24, 2.45) is 7.05 Å². The highest BCUT2D eigenvalue weighted by Gasteiger charge is 2.30. The standard InChI is InChI=1S/C23H29N5O3S/c1-15-18(19-13-24-26-27(19)5)12-20(32-15)21(29)25-17(11-16-9-7-6-8-10-16)14-28(22(30)31)23(2,3)4/h6-10,12-13,17H,11,14H2,1-5H3,(H,25,29)(H,30,31)/t17-/m1/s1. The maximum Gasteiger partial charge on any atom is 0.407 e. The Morgan fingerprint density at radius 2 is 1.94 bits per heavy atom. The van der Waals surface area contributed by atoms with Crippen LogP contribution in [0.4, 0.5) is 4.79 Å². The third kappa shape index (κ3) is 5.53. The number of carbonyl (C=O) groups is 2. The van der Waals surface area contributed by atoms with Crippen molar-refractivity contribution in [3.8, 4) is 11.3 Å². The zero-order valence-corrected chi connectivity index (χ0v) is 19.8. The topological polar surface area (TPSA) is 100 Å². The van der Waals surface area contributed by atoms with Gasteiger partial charge in [-0.15, -0.1) is 16.4 Å². The SMILES string of the molecule is Cc1sc(C(=O)N[C@H](Cc2ccccc2)CN(C(=O)O)C(C)(C)C)cc1-c1cnnn1C. The highest BCUT2D eigenvalue weighted by Crippen LogP contribution is 2.30. The van der Waals surface area contributed by atoms with E-state index in [4.69, 9.17) is 0 Å². The number of hydrogen-bond donors (Lipinski definition) is 2. The van der Waals surface area contributed by atoms with Crippen LogP contribution in [0.3, 0.4) is 0 Å². The summed E-state index contributed by atoms with van der Waals surface area (Å²) in [5.41, 5.74) is 2.18. The molecule has 1 atom stereocenters. The molecule has 3 aromatic rings. The first kappa shape index (κ1) is 23.5. The van der Waals surface area contributed by atoms with Crippen LogP contribution in [-0.4, -0.2) is 55.1 Å². The van der Waals surface area contributed by atoms with Crippen molar-refractivity contribution in [3.63, 3.8) is 0 Å². The van der Waals surface area contributed by atoms with E-state index in [9.17, 15) is 14.7 Å². The predicted octanol–water partition coefficient (Wildman–Crippen LogP) is 3.97. The maximum atomic E-state index is 13.2. The highest BCUT2D eigenvalue weighted by molar-refractivity contribution is 7.14. The molecule has 8 nitrogen and oxygen atoms in total. The van der Waals surface area contributed by atoms with Crippen molar-refractivity contribution < 1.29 is 14.7 Å². The quantitative estimate of drug-likeness (QED) is 0.561. The predicted molar refractivity (Wildman–Crippen MR) is 125 cm³/mol. The fourth-order valence-corrected chi connectivity index (χ4v) is 4.49. The van der Waals surface area contributed by atoms with E-state index in [0.717, 1.165) is 21.7 Å². The van der Waals surface area contributed by atoms with E-state index in [1.807, 2.05) is 71.1 Å². The Kier molecular flexibility index (Phi) is 6.98. The van der Waals surface area contributed by atoms with Crippen molar-refractivity contribution in [1.29, 1.82) is 0 Å². The Morgan fingerprint density at radius 3 is 2.50 bits per heavy atom. The minimum atomic E-state index is -1.01. The van der Waals surface area contributed by atoms with Crippen LogP contribution >= 0.6 is 11.3 Å². The summed E-state index contributed by atoms with van der Waals surface area (Å²) in [7, 11) is 1.81. The molecule has 0 spiro atoms. The molecule has 0 fully saturated rings. The zero-order valence-electron chi connectivity index (χ0n) is 19.0. The number of carboxylic acid groups (broad SMARTS) is 1. The Balaban J connectivity index is 1.84. The molecular weight excluding hydrogens is 426 g/mol. The largest absolute Gasteiger partial charge is 0.465 e. The summed E-state index contributed by atoms with van der Waals surface area (Å²) in [5.74, 6) is -0.223. The Morgan fingerprint density at radius 1 is 1.25 bits per heavy atom. The number of aryl methyl sites for hydroxylation is 2. The number of benzene rings is 1. The van der Waals surface area contributed by atoms with Gasteiger partial charge in [-0.3, -0.25) is 4.79 Å². The van der Waals surface area contributed by atoms with E-state index in [0.29, 0.717) is 11.3 Å². The van der Waals surface area contributed by atoms with Crippen LogP contribution in [0.1, 0.15) is 40.9 Å². The lowest BCUT2D eigenvalue weighted by Gasteiger charge is -2.36.